The van der Waals surface area contributed by atoms with Crippen LogP contribution in [-0.2, 0) is 29.0 Å². The van der Waals surface area contributed by atoms with Crippen molar-refractivity contribution < 1.29 is 9.59 Å². The van der Waals surface area contributed by atoms with Crippen LogP contribution in [0.25, 0.3) is 0 Å². The average Bonchev–Trinajstić information content (AvgIpc) is 2.79. The lowest BCUT2D eigenvalue weighted by Gasteiger charge is -2.32. The molecule has 0 heterocycles. The predicted octanol–water partition coefficient (Wildman–Crippen LogP) is 6.01. The Labute approximate surface area is 211 Å². The summed E-state index contributed by atoms with van der Waals surface area (Å²) in [6.45, 7) is 6.12. The normalized spacial score (nSPS) is 11.8. The van der Waals surface area contributed by atoms with Crippen molar-refractivity contribution in [2.45, 2.75) is 52.2 Å². The van der Waals surface area contributed by atoms with Gasteiger partial charge in [-0.2, -0.15) is 0 Å². The van der Waals surface area contributed by atoms with Crippen molar-refractivity contribution >= 4 is 35.0 Å². The molecule has 3 rings (SSSR count). The number of hydrogen-bond acceptors (Lipinski definition) is 2. The van der Waals surface area contributed by atoms with E-state index in [2.05, 4.69) is 5.32 Å². The SMILES string of the molecule is Cc1cccc(CN(C(=O)Cc2c(Cl)cccc2Cl)[C@H](Cc2ccccc2)C(=O)NC(C)C)c1. The van der Waals surface area contributed by atoms with Gasteiger partial charge in [-0.05, 0) is 49.6 Å². The molecule has 0 aliphatic rings. The number of carbonyl (C=O) groups is 2. The molecule has 6 heteroatoms. The van der Waals surface area contributed by atoms with E-state index in [1.54, 1.807) is 23.1 Å². The maximum atomic E-state index is 13.8. The second kappa shape index (κ2) is 12.0. The number of aryl methyl sites for hydroxylation is 1. The first-order valence-electron chi connectivity index (χ1n) is 11.4. The van der Waals surface area contributed by atoms with Gasteiger partial charge in [0.2, 0.25) is 11.8 Å². The summed E-state index contributed by atoms with van der Waals surface area (Å²) in [6, 6.07) is 22.1. The molecule has 0 radical (unpaired) electrons. The van der Waals surface area contributed by atoms with Gasteiger partial charge in [-0.3, -0.25) is 9.59 Å². The van der Waals surface area contributed by atoms with Gasteiger partial charge in [0.1, 0.15) is 6.04 Å². The Hall–Kier alpha value is -2.82. The molecular weight excluding hydrogens is 467 g/mol. The van der Waals surface area contributed by atoms with Crippen LogP contribution in [0.4, 0.5) is 0 Å². The molecule has 0 aliphatic carbocycles. The molecule has 0 fully saturated rings. The highest BCUT2D eigenvalue weighted by atomic mass is 35.5. The molecule has 0 unspecified atom stereocenters. The van der Waals surface area contributed by atoms with E-state index < -0.39 is 6.04 Å². The lowest BCUT2D eigenvalue weighted by atomic mass is 10.0. The minimum atomic E-state index is -0.695. The summed E-state index contributed by atoms with van der Waals surface area (Å²) in [5.41, 5.74) is 3.58. The Balaban J connectivity index is 2.01. The number of benzene rings is 3. The molecule has 2 amide bonds. The van der Waals surface area contributed by atoms with Crippen molar-refractivity contribution in [3.05, 3.63) is 105 Å². The molecule has 0 saturated carbocycles. The van der Waals surface area contributed by atoms with E-state index in [1.165, 1.54) is 0 Å². The van der Waals surface area contributed by atoms with Crippen LogP contribution >= 0.6 is 23.2 Å². The molecule has 4 nitrogen and oxygen atoms in total. The van der Waals surface area contributed by atoms with Gasteiger partial charge in [0.05, 0.1) is 6.42 Å². The first-order chi connectivity index (χ1) is 16.2. The molecule has 0 spiro atoms. The zero-order valence-electron chi connectivity index (χ0n) is 19.7. The minimum Gasteiger partial charge on any atom is -0.352 e. The first kappa shape index (κ1) is 25.8. The maximum absolute atomic E-state index is 13.8. The third-order valence-corrected chi connectivity index (χ3v) is 6.24. The third-order valence-electron chi connectivity index (χ3n) is 5.53. The van der Waals surface area contributed by atoms with Crippen LogP contribution in [0.2, 0.25) is 10.0 Å². The van der Waals surface area contributed by atoms with Gasteiger partial charge >= 0.3 is 0 Å². The van der Waals surface area contributed by atoms with Crippen molar-refractivity contribution in [3.63, 3.8) is 0 Å². The Bertz CT molecular complexity index is 1110. The number of halogens is 2. The number of amides is 2. The van der Waals surface area contributed by atoms with E-state index in [4.69, 9.17) is 23.2 Å². The van der Waals surface area contributed by atoms with Crippen LogP contribution in [0.5, 0.6) is 0 Å². The van der Waals surface area contributed by atoms with E-state index in [0.29, 0.717) is 28.6 Å². The summed E-state index contributed by atoms with van der Waals surface area (Å²) in [5.74, 6) is -0.401. The predicted molar refractivity (Wildman–Crippen MR) is 139 cm³/mol. The van der Waals surface area contributed by atoms with E-state index in [1.807, 2.05) is 75.4 Å². The Morgan fingerprint density at radius 3 is 2.12 bits per heavy atom. The monoisotopic (exact) mass is 496 g/mol. The van der Waals surface area contributed by atoms with Gasteiger partial charge < -0.3 is 10.2 Å². The lowest BCUT2D eigenvalue weighted by molar-refractivity contribution is -0.141. The number of nitrogens with one attached hydrogen (secondary N) is 1. The fraction of sp³-hybridized carbons (Fsp3) is 0.286. The van der Waals surface area contributed by atoms with Crippen molar-refractivity contribution in [2.24, 2.45) is 0 Å². The van der Waals surface area contributed by atoms with Crippen LogP contribution in [0.1, 0.15) is 36.1 Å². The summed E-state index contributed by atoms with van der Waals surface area (Å²) in [6.07, 6.45) is 0.401. The zero-order chi connectivity index (χ0) is 24.7. The largest absolute Gasteiger partial charge is 0.352 e. The molecule has 0 bridgehead atoms. The molecule has 1 N–H and O–H groups in total. The smallest absolute Gasteiger partial charge is 0.243 e. The first-order valence-corrected chi connectivity index (χ1v) is 12.1. The third kappa shape index (κ3) is 7.09. The van der Waals surface area contributed by atoms with E-state index in [9.17, 15) is 9.59 Å². The average molecular weight is 497 g/mol. The maximum Gasteiger partial charge on any atom is 0.243 e. The van der Waals surface area contributed by atoms with Gasteiger partial charge in [0.25, 0.3) is 0 Å². The highest BCUT2D eigenvalue weighted by molar-refractivity contribution is 6.36. The number of nitrogens with zero attached hydrogens (tertiary/aromatic N) is 1. The molecule has 1 atom stereocenters. The topological polar surface area (TPSA) is 49.4 Å². The molecule has 178 valence electrons. The van der Waals surface area contributed by atoms with Crippen molar-refractivity contribution in [1.82, 2.24) is 10.2 Å². The molecule has 3 aromatic rings. The van der Waals surface area contributed by atoms with E-state index in [0.717, 1.165) is 16.7 Å². The summed E-state index contributed by atoms with van der Waals surface area (Å²) in [7, 11) is 0. The number of rotatable bonds is 9. The summed E-state index contributed by atoms with van der Waals surface area (Å²) in [5, 5.41) is 3.86. The molecule has 0 saturated heterocycles. The van der Waals surface area contributed by atoms with Gasteiger partial charge in [0.15, 0.2) is 0 Å². The second-order valence-corrected chi connectivity index (χ2v) is 9.57. The van der Waals surface area contributed by atoms with Gasteiger partial charge in [-0.1, -0.05) is 89.4 Å². The Kier molecular flexibility index (Phi) is 9.14. The van der Waals surface area contributed by atoms with E-state index >= 15 is 0 Å². The van der Waals surface area contributed by atoms with Gasteiger partial charge in [-0.25, -0.2) is 0 Å². The quantitative estimate of drug-likeness (QED) is 0.394. The summed E-state index contributed by atoms with van der Waals surface area (Å²) in [4.78, 5) is 28.8. The summed E-state index contributed by atoms with van der Waals surface area (Å²) >= 11 is 12.7. The van der Waals surface area contributed by atoms with Crippen molar-refractivity contribution in [1.29, 1.82) is 0 Å². The number of hydrogen-bond donors (Lipinski definition) is 1. The second-order valence-electron chi connectivity index (χ2n) is 8.76. The molecule has 3 aromatic carbocycles. The molecular formula is C28H30Cl2N2O2. The Morgan fingerprint density at radius 1 is 0.882 bits per heavy atom. The van der Waals surface area contributed by atoms with Gasteiger partial charge in [0, 0.05) is 29.1 Å². The van der Waals surface area contributed by atoms with Crippen molar-refractivity contribution in [2.75, 3.05) is 0 Å². The molecule has 0 aromatic heterocycles. The Morgan fingerprint density at radius 2 is 1.50 bits per heavy atom. The zero-order valence-corrected chi connectivity index (χ0v) is 21.2. The highest BCUT2D eigenvalue weighted by Crippen LogP contribution is 2.26. The highest BCUT2D eigenvalue weighted by Gasteiger charge is 2.31. The lowest BCUT2D eigenvalue weighted by Crippen LogP contribution is -2.52. The fourth-order valence-electron chi connectivity index (χ4n) is 3.90. The molecule has 0 aliphatic heterocycles. The van der Waals surface area contributed by atoms with Crippen LogP contribution in [-0.4, -0.2) is 28.8 Å². The van der Waals surface area contributed by atoms with E-state index in [-0.39, 0.29) is 24.3 Å². The van der Waals surface area contributed by atoms with Crippen LogP contribution in [0, 0.1) is 6.92 Å². The fourth-order valence-corrected chi connectivity index (χ4v) is 4.43. The number of carbonyl (C=O) groups excluding carboxylic acids is 2. The standard InChI is InChI=1S/C28H30Cl2N2O2/c1-19(2)31-28(34)26(16-21-10-5-4-6-11-21)32(18-22-12-7-9-20(3)15-22)27(33)17-23-24(29)13-8-14-25(23)30/h4-15,19,26H,16-18H2,1-3H3,(H,31,34)/t26-/m1/s1. The molecule has 34 heavy (non-hydrogen) atoms. The van der Waals surface area contributed by atoms with Crippen LogP contribution in [0.15, 0.2) is 72.8 Å². The van der Waals surface area contributed by atoms with Crippen LogP contribution < -0.4 is 5.32 Å². The van der Waals surface area contributed by atoms with Crippen molar-refractivity contribution in [3.8, 4) is 0 Å². The minimum absolute atomic E-state index is 0.00453. The summed E-state index contributed by atoms with van der Waals surface area (Å²) < 4.78 is 0. The van der Waals surface area contributed by atoms with Gasteiger partial charge in [-0.15, -0.1) is 0 Å². The van der Waals surface area contributed by atoms with Crippen LogP contribution in [0.3, 0.4) is 0 Å².